The van der Waals surface area contributed by atoms with Crippen LogP contribution >= 0.6 is 0 Å². The molecule has 0 bridgehead atoms. The lowest BCUT2D eigenvalue weighted by atomic mass is 9.75. The molecule has 0 aliphatic carbocycles. The molecule has 0 fully saturated rings. The first kappa shape index (κ1) is 23.5. The van der Waals surface area contributed by atoms with E-state index in [1.807, 2.05) is 30.3 Å². The Morgan fingerprint density at radius 3 is 2.50 bits per heavy atom. The first-order valence-corrected chi connectivity index (χ1v) is 9.95. The molecular weight excluding hydrogens is 424 g/mol. The van der Waals surface area contributed by atoms with Gasteiger partial charge in [0.25, 0.3) is 0 Å². The predicted octanol–water partition coefficient (Wildman–Crippen LogP) is 2.18. The summed E-state index contributed by atoms with van der Waals surface area (Å²) in [6.07, 6.45) is -3.74. The van der Waals surface area contributed by atoms with Gasteiger partial charge < -0.3 is 15.4 Å². The summed E-state index contributed by atoms with van der Waals surface area (Å²) in [6, 6.07) is 15.1. The molecule has 168 valence electrons. The van der Waals surface area contributed by atoms with Gasteiger partial charge in [0.05, 0.1) is 25.1 Å². The van der Waals surface area contributed by atoms with Crippen LogP contribution in [-0.2, 0) is 24.2 Å². The summed E-state index contributed by atoms with van der Waals surface area (Å²) in [5, 5.41) is 29.8. The van der Waals surface area contributed by atoms with Gasteiger partial charge in [-0.2, -0.15) is 13.2 Å². The van der Waals surface area contributed by atoms with E-state index in [9.17, 15) is 28.0 Å². The van der Waals surface area contributed by atoms with Crippen LogP contribution in [0.2, 0.25) is 0 Å². The summed E-state index contributed by atoms with van der Waals surface area (Å²) in [7, 11) is -1.87. The summed E-state index contributed by atoms with van der Waals surface area (Å²) in [4.78, 5) is 12.3. The van der Waals surface area contributed by atoms with Crippen LogP contribution in [0.25, 0.3) is 11.3 Å². The number of carbonyl (C=O) groups excluding carboxylic acids is 1. The highest BCUT2D eigenvalue weighted by Gasteiger charge is 2.29. The average Bonchev–Trinajstić information content (AvgIpc) is 3.20. The van der Waals surface area contributed by atoms with E-state index in [2.05, 4.69) is 15.6 Å². The van der Waals surface area contributed by atoms with Gasteiger partial charge in [0.15, 0.2) is 0 Å². The van der Waals surface area contributed by atoms with E-state index >= 15 is 0 Å². The molecular formula is C21H22BF3N4O3. The van der Waals surface area contributed by atoms with Crippen molar-refractivity contribution < 1.29 is 28.0 Å². The fourth-order valence-corrected chi connectivity index (χ4v) is 3.23. The molecule has 0 aliphatic heterocycles. The fraction of sp³-hybridized carbons (Fsp3) is 0.286. The zero-order valence-corrected chi connectivity index (χ0v) is 17.0. The first-order chi connectivity index (χ1) is 15.2. The van der Waals surface area contributed by atoms with Gasteiger partial charge in [0.2, 0.25) is 5.91 Å². The van der Waals surface area contributed by atoms with Gasteiger partial charge in [-0.05, 0) is 17.5 Å². The van der Waals surface area contributed by atoms with E-state index in [1.54, 1.807) is 12.3 Å². The molecule has 3 aromatic rings. The summed E-state index contributed by atoms with van der Waals surface area (Å²) in [6.45, 7) is 0.223. The Labute approximate surface area is 183 Å². The second-order valence-corrected chi connectivity index (χ2v) is 7.39. The summed E-state index contributed by atoms with van der Waals surface area (Å²) >= 11 is 0. The van der Waals surface area contributed by atoms with Crippen molar-refractivity contribution in [3.05, 3.63) is 71.9 Å². The van der Waals surface area contributed by atoms with Crippen LogP contribution < -0.4 is 5.32 Å². The molecule has 1 atom stereocenters. The second kappa shape index (κ2) is 10.4. The van der Waals surface area contributed by atoms with Crippen molar-refractivity contribution in [3.8, 4) is 11.3 Å². The molecule has 3 rings (SSSR count). The van der Waals surface area contributed by atoms with Crippen LogP contribution in [0.4, 0.5) is 13.2 Å². The van der Waals surface area contributed by atoms with Crippen molar-refractivity contribution in [1.82, 2.24) is 20.3 Å². The number of nitrogens with zero attached hydrogens (tertiary/aromatic N) is 3. The molecule has 2 aromatic carbocycles. The Bertz CT molecular complexity index is 1030. The molecule has 0 spiro atoms. The van der Waals surface area contributed by atoms with E-state index in [4.69, 9.17) is 0 Å². The maximum atomic E-state index is 12.6. The minimum atomic E-state index is -4.34. The lowest BCUT2D eigenvalue weighted by molar-refractivity contribution is -0.127. The maximum Gasteiger partial charge on any atom is 0.475 e. The first-order valence-electron chi connectivity index (χ1n) is 9.95. The molecule has 0 saturated carbocycles. The quantitative estimate of drug-likeness (QED) is 0.438. The molecule has 1 heterocycles. The number of amides is 1. The number of hydrogen-bond acceptors (Lipinski definition) is 5. The smallest absolute Gasteiger partial charge is 0.426 e. The van der Waals surface area contributed by atoms with Crippen LogP contribution in [0.3, 0.4) is 0 Å². The van der Waals surface area contributed by atoms with Crippen molar-refractivity contribution in [1.29, 1.82) is 0 Å². The molecule has 0 aliphatic rings. The van der Waals surface area contributed by atoms with Crippen molar-refractivity contribution in [2.45, 2.75) is 37.9 Å². The number of halogens is 3. The van der Waals surface area contributed by atoms with Gasteiger partial charge in [-0.1, -0.05) is 59.8 Å². The van der Waals surface area contributed by atoms with Crippen molar-refractivity contribution in [2.75, 3.05) is 0 Å². The highest BCUT2D eigenvalue weighted by molar-refractivity contribution is 6.43. The number of carbonyl (C=O) groups is 1. The molecule has 7 nitrogen and oxygen atoms in total. The summed E-state index contributed by atoms with van der Waals surface area (Å²) < 4.78 is 39.3. The zero-order valence-electron chi connectivity index (χ0n) is 17.0. The number of hydrogen-bond donors (Lipinski definition) is 3. The largest absolute Gasteiger partial charge is 0.475 e. The lowest BCUT2D eigenvalue weighted by Crippen LogP contribution is -2.48. The molecule has 1 amide bonds. The minimum Gasteiger partial charge on any atom is -0.426 e. The topological polar surface area (TPSA) is 100 Å². The third kappa shape index (κ3) is 7.21. The number of aryl methyl sites for hydroxylation is 1. The second-order valence-electron chi connectivity index (χ2n) is 7.39. The lowest BCUT2D eigenvalue weighted by Gasteiger charge is -2.18. The van der Waals surface area contributed by atoms with Crippen LogP contribution in [0.5, 0.6) is 0 Å². The summed E-state index contributed by atoms with van der Waals surface area (Å²) in [5.74, 6) is -1.52. The van der Waals surface area contributed by atoms with Gasteiger partial charge >= 0.3 is 13.3 Å². The third-order valence-corrected chi connectivity index (χ3v) is 4.73. The van der Waals surface area contributed by atoms with Crippen LogP contribution in [0, 0.1) is 0 Å². The van der Waals surface area contributed by atoms with Crippen LogP contribution in [0.1, 0.15) is 17.5 Å². The molecule has 0 radical (unpaired) electrons. The van der Waals surface area contributed by atoms with Crippen LogP contribution in [0.15, 0.2) is 60.8 Å². The van der Waals surface area contributed by atoms with Crippen LogP contribution in [-0.4, -0.2) is 50.2 Å². The van der Waals surface area contributed by atoms with Gasteiger partial charge in [-0.15, -0.1) is 5.10 Å². The SMILES string of the molecule is O=C(CCn1cc(-c2ccccc2)nn1)NC(Cc1cccc(CC(F)(F)F)c1)B(O)O. The molecule has 0 saturated heterocycles. The maximum absolute atomic E-state index is 12.6. The van der Waals surface area contributed by atoms with Crippen molar-refractivity contribution >= 4 is 13.0 Å². The van der Waals surface area contributed by atoms with E-state index in [0.29, 0.717) is 11.3 Å². The number of alkyl halides is 3. The Balaban J connectivity index is 1.55. The Morgan fingerprint density at radius 1 is 1.09 bits per heavy atom. The Kier molecular flexibility index (Phi) is 7.65. The van der Waals surface area contributed by atoms with E-state index in [0.717, 1.165) is 5.56 Å². The van der Waals surface area contributed by atoms with Crippen molar-refractivity contribution in [3.63, 3.8) is 0 Å². The third-order valence-electron chi connectivity index (χ3n) is 4.73. The molecule has 1 aromatic heterocycles. The van der Waals surface area contributed by atoms with E-state index < -0.39 is 31.6 Å². The standard InChI is InChI=1S/C21H22BF3N4O3/c23-21(24,25)13-16-6-4-5-15(11-16)12-19(22(31)32)26-20(30)9-10-29-14-18(27-28-29)17-7-2-1-3-8-17/h1-8,11,14,19,31-32H,9-10,12-13H2,(H,26,30). The number of aromatic nitrogens is 3. The highest BCUT2D eigenvalue weighted by atomic mass is 19.4. The average molecular weight is 446 g/mol. The van der Waals surface area contributed by atoms with E-state index in [-0.39, 0.29) is 24.9 Å². The normalized spacial score (nSPS) is 12.4. The van der Waals surface area contributed by atoms with E-state index in [1.165, 1.54) is 22.9 Å². The Hall–Kier alpha value is -3.18. The van der Waals surface area contributed by atoms with Gasteiger partial charge in [0.1, 0.15) is 5.69 Å². The minimum absolute atomic E-state index is 0.00885. The molecule has 11 heteroatoms. The van der Waals surface area contributed by atoms with Gasteiger partial charge in [-0.25, -0.2) is 0 Å². The molecule has 1 unspecified atom stereocenters. The predicted molar refractivity (Wildman–Crippen MR) is 112 cm³/mol. The van der Waals surface area contributed by atoms with Gasteiger partial charge in [-0.3, -0.25) is 9.48 Å². The number of benzene rings is 2. The molecule has 3 N–H and O–H groups in total. The van der Waals surface area contributed by atoms with Crippen molar-refractivity contribution in [2.24, 2.45) is 0 Å². The summed E-state index contributed by atoms with van der Waals surface area (Å²) in [5.41, 5.74) is 2.06. The molecule has 32 heavy (non-hydrogen) atoms. The zero-order chi connectivity index (χ0) is 23.1. The monoisotopic (exact) mass is 446 g/mol. The van der Waals surface area contributed by atoms with Gasteiger partial charge in [0, 0.05) is 12.0 Å². The number of rotatable bonds is 9. The highest BCUT2D eigenvalue weighted by Crippen LogP contribution is 2.22. The number of nitrogens with one attached hydrogen (secondary N) is 1. The fourth-order valence-electron chi connectivity index (χ4n) is 3.23. The Morgan fingerprint density at radius 2 is 1.81 bits per heavy atom.